The minimum absolute atomic E-state index is 0.372. The normalized spacial score (nSPS) is 19.7. The molecular weight excluding hydrogens is 1020 g/mol. The molecule has 82 heavy (non-hydrogen) atoms. The zero-order chi connectivity index (χ0) is 55.1. The van der Waals surface area contributed by atoms with Gasteiger partial charge in [0.05, 0.1) is 29.0 Å². The van der Waals surface area contributed by atoms with Gasteiger partial charge in [0.15, 0.2) is 0 Å². The number of pyridine rings is 2. The van der Waals surface area contributed by atoms with Gasteiger partial charge in [0.25, 0.3) is 0 Å². The first-order chi connectivity index (χ1) is 40.4. The molecule has 4 aliphatic rings. The van der Waals surface area contributed by atoms with Gasteiger partial charge < -0.3 is 21.1 Å². The molecule has 2 aliphatic carbocycles. The van der Waals surface area contributed by atoms with E-state index in [2.05, 4.69) is 133 Å². The highest BCUT2D eigenvalue weighted by Gasteiger charge is 2.40. The number of anilines is 3. The van der Waals surface area contributed by atoms with E-state index in [4.69, 9.17) is 36.1 Å². The lowest BCUT2D eigenvalue weighted by Crippen LogP contribution is -2.54. The fourth-order valence-electron chi connectivity index (χ4n) is 12.7. The smallest absolute Gasteiger partial charge is 0.225 e. The van der Waals surface area contributed by atoms with Crippen molar-refractivity contribution in [1.29, 1.82) is 0 Å². The number of rotatable bonds is 12. The second kappa shape index (κ2) is 22.3. The Labute approximate surface area is 476 Å². The number of imidazole rings is 2. The first kappa shape index (κ1) is 51.4. The molecule has 4 fully saturated rings. The van der Waals surface area contributed by atoms with Gasteiger partial charge in [-0.05, 0) is 56.0 Å². The molecule has 0 radical (unpaired) electrons. The Balaban J connectivity index is 0.000000147. The molecule has 9 heterocycles. The molecule has 17 nitrogen and oxygen atoms in total. The van der Waals surface area contributed by atoms with Gasteiger partial charge in [-0.3, -0.25) is 23.5 Å². The zero-order valence-electron chi connectivity index (χ0n) is 46.1. The van der Waals surface area contributed by atoms with Crippen LogP contribution in [0.4, 0.5) is 17.6 Å². The lowest BCUT2D eigenvalue weighted by Gasteiger charge is -2.46. The summed E-state index contributed by atoms with van der Waals surface area (Å²) >= 11 is 0. The number of piperazine rings is 2. The van der Waals surface area contributed by atoms with Crippen LogP contribution in [0.5, 0.6) is 0 Å². The van der Waals surface area contributed by atoms with Crippen LogP contribution in [0, 0.1) is 0 Å². The van der Waals surface area contributed by atoms with Gasteiger partial charge in [0, 0.05) is 160 Å². The predicted molar refractivity (Wildman–Crippen MR) is 324 cm³/mol. The molecule has 4 N–H and O–H groups in total. The average Bonchev–Trinajstić information content (AvgIpc) is 3.27. The topological polar surface area (TPSA) is 186 Å². The maximum absolute atomic E-state index is 6.47. The van der Waals surface area contributed by atoms with Crippen LogP contribution in [-0.2, 0) is 4.74 Å². The highest BCUT2D eigenvalue weighted by Crippen LogP contribution is 2.44. The van der Waals surface area contributed by atoms with Gasteiger partial charge in [0.1, 0.15) is 45.7 Å². The summed E-state index contributed by atoms with van der Waals surface area (Å²) in [5, 5.41) is 2.19. The molecule has 412 valence electrons. The number of hydrogen-bond acceptors (Lipinski definition) is 15. The third-order valence-corrected chi connectivity index (χ3v) is 17.4. The molecule has 11 aromatic rings. The summed E-state index contributed by atoms with van der Waals surface area (Å²) < 4.78 is 9.57. The van der Waals surface area contributed by atoms with Crippen LogP contribution >= 0.6 is 0 Å². The summed E-state index contributed by atoms with van der Waals surface area (Å²) in [6, 6.07) is 44.7. The van der Waals surface area contributed by atoms with Crippen molar-refractivity contribution in [2.45, 2.75) is 49.6 Å². The zero-order valence-corrected chi connectivity index (χ0v) is 46.1. The number of fused-ring (bicyclic) bond motifs is 4. The standard InChI is InChI=1S/C33H31N9.C32H35N7O/c34-31-30-29(24-8-7-23-9-10-27(38-28(23)21-24)22-5-2-1-3-6-22)39-32(42(30)14-13-35-31)25-19-26(20-25)40-15-17-41(18-16-40)33-36-11-4-12-37-33;1-40-18-17-37-13-15-38(16-14-37)26-19-25(20-26)32-36-29(30-31(33)34-11-12-39(30)32)24-8-7-23-9-10-27(35-28(23)21-24)22-5-3-2-4-6-22/h1-14,21,25-26H,15-20H2,(H2,34,35);2-12,21,25-26H,13-20H2,1H3,(H2,33,34). The number of methoxy groups -OCH3 is 1. The summed E-state index contributed by atoms with van der Waals surface area (Å²) in [5.74, 6) is 4.75. The average molecular weight is 1090 g/mol. The number of ether oxygens (including phenoxy) is 1. The fraction of sp³-hybridized carbons (Fsp3) is 0.292. The molecule has 2 saturated heterocycles. The summed E-state index contributed by atoms with van der Waals surface area (Å²) in [4.78, 5) is 48.2. The number of hydrogen-bond donors (Lipinski definition) is 2. The van der Waals surface area contributed by atoms with Crippen LogP contribution < -0.4 is 16.4 Å². The summed E-state index contributed by atoms with van der Waals surface area (Å²) in [5.41, 5.74) is 24.4. The molecule has 2 saturated carbocycles. The summed E-state index contributed by atoms with van der Waals surface area (Å²) in [6.07, 6.45) is 15.6. The van der Waals surface area contributed by atoms with Crippen molar-refractivity contribution in [2.75, 3.05) is 89.0 Å². The van der Waals surface area contributed by atoms with E-state index in [1.165, 1.54) is 0 Å². The number of nitrogen functional groups attached to an aromatic ring is 2. The molecule has 0 amide bonds. The van der Waals surface area contributed by atoms with Crippen molar-refractivity contribution in [1.82, 2.24) is 63.4 Å². The molecule has 15 rings (SSSR count). The predicted octanol–water partition coefficient (Wildman–Crippen LogP) is 9.76. The molecule has 4 aromatic carbocycles. The van der Waals surface area contributed by atoms with E-state index in [1.807, 2.05) is 67.3 Å². The van der Waals surface area contributed by atoms with Gasteiger partial charge in [-0.2, -0.15) is 0 Å². The third kappa shape index (κ3) is 10.0. The Hall–Kier alpha value is -8.74. The highest BCUT2D eigenvalue weighted by molar-refractivity contribution is 5.93. The van der Waals surface area contributed by atoms with E-state index in [9.17, 15) is 0 Å². The number of benzene rings is 4. The van der Waals surface area contributed by atoms with E-state index in [1.54, 1.807) is 19.5 Å². The minimum Gasteiger partial charge on any atom is -0.383 e. The summed E-state index contributed by atoms with van der Waals surface area (Å²) in [6.45, 7) is 10.3. The molecule has 7 aromatic heterocycles. The SMILES string of the molecule is COCCN1CCN(C2CC(c3nc(-c4ccc5ccc(-c6ccccc6)nc5c4)c4c(N)nccn34)C2)CC1.Nc1nccn2c(C3CC(N4CCN(c5ncccn5)CC4)C3)nc(-c3ccc4ccc(-c5ccccc5)nc4c3)c12. The quantitative estimate of drug-likeness (QED) is 0.118. The molecule has 0 spiro atoms. The second-order valence-corrected chi connectivity index (χ2v) is 22.2. The van der Waals surface area contributed by atoms with Gasteiger partial charge in [-0.25, -0.2) is 39.9 Å². The highest BCUT2D eigenvalue weighted by atomic mass is 16.5. The van der Waals surface area contributed by atoms with Crippen LogP contribution in [0.25, 0.3) is 77.9 Å². The lowest BCUT2D eigenvalue weighted by atomic mass is 9.78. The van der Waals surface area contributed by atoms with E-state index in [-0.39, 0.29) is 0 Å². The van der Waals surface area contributed by atoms with Gasteiger partial charge in [0.2, 0.25) is 5.95 Å². The van der Waals surface area contributed by atoms with Gasteiger partial charge in [-0.1, -0.05) is 97.1 Å². The number of aromatic nitrogens is 10. The Morgan fingerprint density at radius 2 is 0.939 bits per heavy atom. The maximum Gasteiger partial charge on any atom is 0.225 e. The minimum atomic E-state index is 0.372. The molecular formula is C65H66N16O. The van der Waals surface area contributed by atoms with Gasteiger partial charge in [-0.15, -0.1) is 0 Å². The molecule has 0 atom stereocenters. The molecule has 2 aliphatic heterocycles. The Kier molecular flexibility index (Phi) is 14.0. The molecule has 17 heteroatoms. The van der Waals surface area contributed by atoms with Crippen molar-refractivity contribution < 1.29 is 4.74 Å². The maximum atomic E-state index is 6.47. The van der Waals surface area contributed by atoms with E-state index < -0.39 is 0 Å². The van der Waals surface area contributed by atoms with Crippen molar-refractivity contribution in [3.8, 4) is 45.0 Å². The van der Waals surface area contributed by atoms with Crippen molar-refractivity contribution >= 4 is 50.4 Å². The summed E-state index contributed by atoms with van der Waals surface area (Å²) in [7, 11) is 1.78. The lowest BCUT2D eigenvalue weighted by molar-refractivity contribution is 0.0401. The Morgan fingerprint density at radius 1 is 0.476 bits per heavy atom. The van der Waals surface area contributed by atoms with Crippen LogP contribution in [0.2, 0.25) is 0 Å². The monoisotopic (exact) mass is 1090 g/mol. The van der Waals surface area contributed by atoms with Gasteiger partial charge >= 0.3 is 0 Å². The van der Waals surface area contributed by atoms with Crippen molar-refractivity contribution in [3.63, 3.8) is 0 Å². The number of nitrogens with two attached hydrogens (primary N) is 2. The molecule has 0 bridgehead atoms. The fourth-order valence-corrected chi connectivity index (χ4v) is 12.7. The largest absolute Gasteiger partial charge is 0.383 e. The molecule has 0 unspecified atom stereocenters. The third-order valence-electron chi connectivity index (χ3n) is 17.4. The van der Waals surface area contributed by atoms with Crippen LogP contribution in [-0.4, -0.2) is 148 Å². The van der Waals surface area contributed by atoms with E-state index in [0.717, 1.165) is 187 Å². The van der Waals surface area contributed by atoms with Crippen LogP contribution in [0.15, 0.2) is 165 Å². The van der Waals surface area contributed by atoms with Crippen LogP contribution in [0.1, 0.15) is 49.2 Å². The first-order valence-corrected chi connectivity index (χ1v) is 28.8. The van der Waals surface area contributed by atoms with Crippen molar-refractivity contribution in [2.24, 2.45) is 0 Å². The Morgan fingerprint density at radius 3 is 1.41 bits per heavy atom. The second-order valence-electron chi connectivity index (χ2n) is 22.2. The van der Waals surface area contributed by atoms with E-state index >= 15 is 0 Å². The number of nitrogens with zero attached hydrogens (tertiary/aromatic N) is 14. The van der Waals surface area contributed by atoms with E-state index in [0.29, 0.717) is 35.6 Å². The Bertz CT molecular complexity index is 4030. The van der Waals surface area contributed by atoms with Crippen molar-refractivity contribution in [3.05, 3.63) is 176 Å². The first-order valence-electron chi connectivity index (χ1n) is 28.8. The van der Waals surface area contributed by atoms with Crippen LogP contribution in [0.3, 0.4) is 0 Å².